The van der Waals surface area contributed by atoms with Crippen LogP contribution in [-0.2, 0) is 37.5 Å². The molecule has 31 heavy (non-hydrogen) atoms. The molecule has 166 valence electrons. The molecule has 1 aromatic carbocycles. The zero-order chi connectivity index (χ0) is 21.5. The van der Waals surface area contributed by atoms with Gasteiger partial charge < -0.3 is 14.2 Å². The summed E-state index contributed by atoms with van der Waals surface area (Å²) < 4.78 is 36.0. The number of carbonyl (C=O) groups is 1. The van der Waals surface area contributed by atoms with Crippen molar-refractivity contribution in [1.82, 2.24) is 18.8 Å². The number of ether oxygens (including phenoxy) is 1. The number of nitrogens with zero attached hydrogens (tertiary/aromatic N) is 4. The Hall–Kier alpha value is -2.23. The fourth-order valence-electron chi connectivity index (χ4n) is 5.01. The lowest BCUT2D eigenvalue weighted by molar-refractivity contribution is -0.178. The molecule has 1 aromatic heterocycles. The van der Waals surface area contributed by atoms with Crippen molar-refractivity contribution in [2.24, 2.45) is 0 Å². The van der Waals surface area contributed by atoms with E-state index in [9.17, 15) is 13.2 Å². The number of carbonyl (C=O) groups excluding carboxylic acids is 1. The lowest BCUT2D eigenvalue weighted by atomic mass is 9.89. The number of hydrogen-bond acceptors (Lipinski definition) is 5. The molecule has 3 aliphatic rings. The van der Waals surface area contributed by atoms with Gasteiger partial charge in [0.05, 0.1) is 12.3 Å². The van der Waals surface area contributed by atoms with E-state index in [1.54, 1.807) is 10.5 Å². The highest BCUT2D eigenvalue weighted by atomic mass is 32.2. The first-order valence-corrected chi connectivity index (χ1v) is 12.6. The predicted octanol–water partition coefficient (Wildman–Crippen LogP) is 1.73. The van der Waals surface area contributed by atoms with E-state index in [0.717, 1.165) is 37.3 Å². The first-order valence-electron chi connectivity index (χ1n) is 11.0. The van der Waals surface area contributed by atoms with Crippen LogP contribution in [0.2, 0.25) is 0 Å². The van der Waals surface area contributed by atoms with Crippen LogP contribution in [0.5, 0.6) is 0 Å². The Morgan fingerprint density at radius 2 is 1.81 bits per heavy atom. The van der Waals surface area contributed by atoms with E-state index < -0.39 is 21.7 Å². The molecule has 3 aliphatic heterocycles. The second-order valence-electron chi connectivity index (χ2n) is 8.68. The Bertz CT molecular complexity index is 1040. The summed E-state index contributed by atoms with van der Waals surface area (Å²) in [6, 6.07) is 9.24. The Morgan fingerprint density at radius 1 is 1.10 bits per heavy atom. The lowest BCUT2D eigenvalue weighted by Gasteiger charge is -2.45. The Balaban J connectivity index is 1.33. The van der Waals surface area contributed by atoms with Crippen LogP contribution >= 0.6 is 0 Å². The quantitative estimate of drug-likeness (QED) is 0.717. The predicted molar refractivity (Wildman–Crippen MR) is 114 cm³/mol. The van der Waals surface area contributed by atoms with Gasteiger partial charge in [-0.3, -0.25) is 4.79 Å². The molecule has 2 saturated heterocycles. The minimum atomic E-state index is -3.42. The van der Waals surface area contributed by atoms with E-state index in [1.165, 1.54) is 0 Å². The third-order valence-electron chi connectivity index (χ3n) is 6.66. The monoisotopic (exact) mass is 444 g/mol. The summed E-state index contributed by atoms with van der Waals surface area (Å²) in [5.74, 6) is 0.834. The third kappa shape index (κ3) is 3.90. The van der Waals surface area contributed by atoms with E-state index in [2.05, 4.69) is 4.98 Å². The molecule has 5 rings (SSSR count). The van der Waals surface area contributed by atoms with Crippen molar-refractivity contribution in [2.45, 2.75) is 49.7 Å². The van der Waals surface area contributed by atoms with Gasteiger partial charge >= 0.3 is 0 Å². The average Bonchev–Trinajstić information content (AvgIpc) is 3.46. The summed E-state index contributed by atoms with van der Waals surface area (Å²) in [5.41, 5.74) is 0.0594. The summed E-state index contributed by atoms with van der Waals surface area (Å²) >= 11 is 0. The molecular weight excluding hydrogens is 416 g/mol. The van der Waals surface area contributed by atoms with Gasteiger partial charge in [0, 0.05) is 38.6 Å². The van der Waals surface area contributed by atoms with Gasteiger partial charge in [-0.2, -0.15) is 0 Å². The standard InChI is InChI=1S/C22H28N4O4S/c27-20(24-11-4-5-12-24)19-16-25-15-10-23-21(25)22(30-19)8-13-26(14-9-22)31(28,29)17-18-6-2-1-3-7-18/h1-3,6-7,10,15,19H,4-5,8-9,11-14,16-17H2. The molecule has 0 saturated carbocycles. The number of imidazole rings is 1. The molecule has 0 bridgehead atoms. The molecule has 8 nitrogen and oxygen atoms in total. The van der Waals surface area contributed by atoms with Gasteiger partial charge in [-0.05, 0) is 31.2 Å². The molecule has 2 fully saturated rings. The van der Waals surface area contributed by atoms with Crippen LogP contribution in [0.4, 0.5) is 0 Å². The summed E-state index contributed by atoms with van der Waals surface area (Å²) in [5, 5.41) is 0. The van der Waals surface area contributed by atoms with Gasteiger partial charge in [-0.1, -0.05) is 30.3 Å². The molecule has 1 spiro atoms. The van der Waals surface area contributed by atoms with E-state index in [-0.39, 0.29) is 11.7 Å². The van der Waals surface area contributed by atoms with Gasteiger partial charge in [-0.25, -0.2) is 17.7 Å². The average molecular weight is 445 g/mol. The number of benzene rings is 1. The highest BCUT2D eigenvalue weighted by molar-refractivity contribution is 7.88. The van der Waals surface area contributed by atoms with Crippen LogP contribution in [0.25, 0.3) is 0 Å². The number of hydrogen-bond donors (Lipinski definition) is 0. The molecule has 0 N–H and O–H groups in total. The Labute approximate surface area is 182 Å². The molecule has 4 heterocycles. The van der Waals surface area contributed by atoms with Crippen LogP contribution in [0, 0.1) is 0 Å². The van der Waals surface area contributed by atoms with E-state index >= 15 is 0 Å². The maximum atomic E-state index is 13.0. The van der Waals surface area contributed by atoms with Crippen LogP contribution < -0.4 is 0 Å². The zero-order valence-corrected chi connectivity index (χ0v) is 18.3. The molecular formula is C22H28N4O4S. The van der Waals surface area contributed by atoms with E-state index in [1.807, 2.05) is 46.0 Å². The number of rotatable bonds is 4. The number of aromatic nitrogens is 2. The molecule has 1 atom stereocenters. The zero-order valence-electron chi connectivity index (χ0n) is 17.5. The van der Waals surface area contributed by atoms with Gasteiger partial charge in [0.25, 0.3) is 5.91 Å². The van der Waals surface area contributed by atoms with Crippen molar-refractivity contribution >= 4 is 15.9 Å². The number of likely N-dealkylation sites (tertiary alicyclic amines) is 1. The maximum Gasteiger partial charge on any atom is 0.253 e. The molecule has 9 heteroatoms. The second kappa shape index (κ2) is 8.03. The van der Waals surface area contributed by atoms with E-state index in [4.69, 9.17) is 4.74 Å². The fraction of sp³-hybridized carbons (Fsp3) is 0.545. The van der Waals surface area contributed by atoms with Crippen LogP contribution in [-0.4, -0.2) is 65.4 Å². The number of amides is 1. The molecule has 0 aliphatic carbocycles. The van der Waals surface area contributed by atoms with Crippen LogP contribution in [0.15, 0.2) is 42.7 Å². The fourth-order valence-corrected chi connectivity index (χ4v) is 6.54. The lowest BCUT2D eigenvalue weighted by Crippen LogP contribution is -2.55. The van der Waals surface area contributed by atoms with Crippen molar-refractivity contribution < 1.29 is 17.9 Å². The largest absolute Gasteiger partial charge is 0.352 e. The summed E-state index contributed by atoms with van der Waals surface area (Å²) in [7, 11) is -3.42. The minimum Gasteiger partial charge on any atom is -0.352 e. The molecule has 2 aromatic rings. The number of piperidine rings is 1. The third-order valence-corrected chi connectivity index (χ3v) is 8.51. The highest BCUT2D eigenvalue weighted by Gasteiger charge is 2.49. The van der Waals surface area contributed by atoms with Gasteiger partial charge in [-0.15, -0.1) is 0 Å². The molecule has 1 amide bonds. The van der Waals surface area contributed by atoms with Crippen LogP contribution in [0.1, 0.15) is 37.1 Å². The molecule has 0 radical (unpaired) electrons. The summed E-state index contributed by atoms with van der Waals surface area (Å²) in [6.07, 6.45) is 6.13. The summed E-state index contributed by atoms with van der Waals surface area (Å²) in [4.78, 5) is 19.5. The number of fused-ring (bicyclic) bond motifs is 2. The van der Waals surface area contributed by atoms with Gasteiger partial charge in [0.15, 0.2) is 6.10 Å². The first-order chi connectivity index (χ1) is 15.0. The van der Waals surface area contributed by atoms with Gasteiger partial charge in [0.1, 0.15) is 11.4 Å². The van der Waals surface area contributed by atoms with Crippen molar-refractivity contribution in [2.75, 3.05) is 26.2 Å². The first kappa shape index (κ1) is 20.7. The van der Waals surface area contributed by atoms with Crippen molar-refractivity contribution in [3.05, 3.63) is 54.1 Å². The smallest absolute Gasteiger partial charge is 0.253 e. The topological polar surface area (TPSA) is 84.7 Å². The highest BCUT2D eigenvalue weighted by Crippen LogP contribution is 2.41. The van der Waals surface area contributed by atoms with Gasteiger partial charge in [0.2, 0.25) is 10.0 Å². The normalized spacial score (nSPS) is 23.7. The van der Waals surface area contributed by atoms with Crippen molar-refractivity contribution in [3.63, 3.8) is 0 Å². The SMILES string of the molecule is O=C(C1Cn2ccnc2C2(CCN(S(=O)(=O)Cc3ccccc3)CC2)O1)N1CCCC1. The molecule has 1 unspecified atom stereocenters. The van der Waals surface area contributed by atoms with Crippen molar-refractivity contribution in [3.8, 4) is 0 Å². The van der Waals surface area contributed by atoms with Crippen LogP contribution in [0.3, 0.4) is 0 Å². The maximum absolute atomic E-state index is 13.0. The Kier molecular flexibility index (Phi) is 5.35. The van der Waals surface area contributed by atoms with Crippen molar-refractivity contribution in [1.29, 1.82) is 0 Å². The minimum absolute atomic E-state index is 0.00754. The summed E-state index contributed by atoms with van der Waals surface area (Å²) in [6.45, 7) is 2.74. The van der Waals surface area contributed by atoms with E-state index in [0.29, 0.717) is 32.5 Å². The Morgan fingerprint density at radius 3 is 2.52 bits per heavy atom. The number of sulfonamides is 1. The second-order valence-corrected chi connectivity index (χ2v) is 10.6.